The third kappa shape index (κ3) is 4.41. The van der Waals surface area contributed by atoms with E-state index in [1.54, 1.807) is 11.1 Å². The molecule has 6 fully saturated rings. The van der Waals surface area contributed by atoms with Gasteiger partial charge in [-0.3, -0.25) is 0 Å². The summed E-state index contributed by atoms with van der Waals surface area (Å²) in [5, 5.41) is 4.17. The van der Waals surface area contributed by atoms with Crippen molar-refractivity contribution in [1.82, 2.24) is 10.2 Å². The summed E-state index contributed by atoms with van der Waals surface area (Å²) in [7, 11) is -2.81. The van der Waals surface area contributed by atoms with Crippen LogP contribution in [-0.2, 0) is 14.6 Å². The van der Waals surface area contributed by atoms with Crippen molar-refractivity contribution in [1.29, 1.82) is 0 Å². The lowest BCUT2D eigenvalue weighted by Crippen LogP contribution is -2.64. The van der Waals surface area contributed by atoms with Gasteiger partial charge in [0.2, 0.25) is 0 Å². The van der Waals surface area contributed by atoms with Crippen molar-refractivity contribution in [3.63, 3.8) is 0 Å². The molecule has 0 aromatic carbocycles. The molecule has 0 aromatic rings. The van der Waals surface area contributed by atoms with E-state index in [4.69, 9.17) is 0 Å². The summed E-state index contributed by atoms with van der Waals surface area (Å²) in [6, 6.07) is 0. The van der Waals surface area contributed by atoms with Crippen LogP contribution in [0.2, 0.25) is 0 Å². The zero-order chi connectivity index (χ0) is 30.7. The van der Waals surface area contributed by atoms with Crippen molar-refractivity contribution in [3.05, 3.63) is 23.3 Å². The number of carbonyl (C=O) groups excluding carboxylic acids is 1. The Morgan fingerprint density at radius 1 is 0.909 bits per heavy atom. The predicted molar refractivity (Wildman–Crippen MR) is 177 cm³/mol. The summed E-state index contributed by atoms with van der Waals surface area (Å²) in [5.41, 5.74) is 4.58. The molecule has 7 aliphatic carbocycles. The van der Waals surface area contributed by atoms with Crippen LogP contribution in [-0.4, -0.2) is 62.8 Å². The van der Waals surface area contributed by atoms with Gasteiger partial charge in [-0.05, 0) is 133 Å². The van der Waals surface area contributed by atoms with Crippen LogP contribution in [0.25, 0.3) is 0 Å². The summed E-state index contributed by atoms with van der Waals surface area (Å²) >= 11 is 0. The minimum absolute atomic E-state index is 0.208. The van der Waals surface area contributed by atoms with Crippen LogP contribution in [0.4, 0.5) is 0 Å². The molecule has 44 heavy (non-hydrogen) atoms. The van der Waals surface area contributed by atoms with Gasteiger partial charge in [0.25, 0.3) is 0 Å². The molecule has 1 saturated heterocycles. The maximum atomic E-state index is 11.9. The molecule has 0 bridgehead atoms. The second-order valence-electron chi connectivity index (χ2n) is 18.0. The number of sulfone groups is 1. The molecule has 0 radical (unpaired) electrons. The number of hydrogen-bond donors (Lipinski definition) is 1. The molecule has 9 unspecified atom stereocenters. The van der Waals surface area contributed by atoms with E-state index in [9.17, 15) is 13.2 Å². The van der Waals surface area contributed by atoms with Gasteiger partial charge in [-0.15, -0.1) is 0 Å². The highest BCUT2D eigenvalue weighted by atomic mass is 32.2. The Bertz CT molecular complexity index is 1350. The first-order valence-electron chi connectivity index (χ1n) is 18.5. The lowest BCUT2D eigenvalue weighted by Gasteiger charge is -2.68. The van der Waals surface area contributed by atoms with Crippen LogP contribution in [0.5, 0.6) is 0 Å². The number of aldehydes is 1. The largest absolute Gasteiger partial charge is 0.310 e. The maximum absolute atomic E-state index is 11.9. The van der Waals surface area contributed by atoms with E-state index in [1.807, 2.05) is 0 Å². The number of hydrogen-bond acceptors (Lipinski definition) is 5. The molecule has 8 aliphatic rings. The van der Waals surface area contributed by atoms with Gasteiger partial charge in [-0.25, -0.2) is 8.42 Å². The summed E-state index contributed by atoms with van der Waals surface area (Å²) in [5.74, 6) is 6.21. The smallest absolute Gasteiger partial charge is 0.152 e. The van der Waals surface area contributed by atoms with E-state index in [2.05, 4.69) is 50.1 Å². The summed E-state index contributed by atoms with van der Waals surface area (Å²) in [6.45, 7) is 14.0. The van der Waals surface area contributed by atoms with Gasteiger partial charge in [-0.2, -0.15) is 0 Å². The van der Waals surface area contributed by atoms with Crippen LogP contribution in [0, 0.1) is 63.6 Å². The van der Waals surface area contributed by atoms with E-state index < -0.39 is 9.84 Å². The molecule has 244 valence electrons. The average molecular weight is 623 g/mol. The molecular formula is C38H58N2O3S. The standard InChI is InChI=1S/C38H58N2O3S/c1-35(2)30(25-22-27-28(23-25)29(27)24-41)9-13-37(4)33(35)11-14-36(3)31-10-15-38(12-5-6-32(38)26(31)7-8-34(36)37)39-16-17-40-18-20-44(42,43)21-19-40/h9,22,24,26-29,31-34,39H,5-8,10-21,23H2,1-4H3/t26?,27?,28?,29?,31?,32-,33?,34+,36?,37?,38?/m1/s1. The molecule has 0 spiro atoms. The Morgan fingerprint density at radius 3 is 2.43 bits per heavy atom. The molecule has 1 N–H and O–H groups in total. The highest BCUT2D eigenvalue weighted by molar-refractivity contribution is 7.91. The van der Waals surface area contributed by atoms with Gasteiger partial charge >= 0.3 is 0 Å². The third-order valence-electron chi connectivity index (χ3n) is 16.1. The van der Waals surface area contributed by atoms with Crippen molar-refractivity contribution in [2.75, 3.05) is 37.7 Å². The van der Waals surface area contributed by atoms with Gasteiger partial charge < -0.3 is 15.0 Å². The number of nitrogens with one attached hydrogen (secondary N) is 1. The maximum Gasteiger partial charge on any atom is 0.152 e. The number of allylic oxidation sites excluding steroid dienone is 4. The zero-order valence-corrected chi connectivity index (χ0v) is 28.8. The average Bonchev–Trinajstić information content (AvgIpc) is 3.27. The number of fused-ring (bicyclic) bond motifs is 8. The lowest BCUT2D eigenvalue weighted by atomic mass is 9.37. The number of nitrogens with zero attached hydrogens (tertiary/aromatic N) is 1. The summed E-state index contributed by atoms with van der Waals surface area (Å²) in [6.07, 6.45) is 21.2. The molecule has 8 rings (SSSR count). The van der Waals surface area contributed by atoms with Gasteiger partial charge in [0.15, 0.2) is 9.84 Å². The molecule has 0 amide bonds. The predicted octanol–water partition coefficient (Wildman–Crippen LogP) is 6.45. The van der Waals surface area contributed by atoms with Crippen LogP contribution in [0.1, 0.15) is 98.3 Å². The topological polar surface area (TPSA) is 66.5 Å². The molecule has 5 saturated carbocycles. The van der Waals surface area contributed by atoms with E-state index >= 15 is 0 Å². The molecule has 0 aromatic heterocycles. The minimum atomic E-state index is -2.81. The quantitative estimate of drug-likeness (QED) is 0.345. The van der Waals surface area contributed by atoms with Crippen molar-refractivity contribution in [2.45, 2.75) is 104 Å². The second-order valence-corrected chi connectivity index (χ2v) is 20.3. The first-order chi connectivity index (χ1) is 20.9. The van der Waals surface area contributed by atoms with Gasteiger partial charge in [0.1, 0.15) is 6.29 Å². The van der Waals surface area contributed by atoms with Crippen LogP contribution >= 0.6 is 0 Å². The molecule has 5 nitrogen and oxygen atoms in total. The fraction of sp³-hybridized carbons (Fsp3) is 0.868. The zero-order valence-electron chi connectivity index (χ0n) is 28.0. The van der Waals surface area contributed by atoms with Crippen molar-refractivity contribution >= 4 is 16.1 Å². The van der Waals surface area contributed by atoms with Crippen LogP contribution < -0.4 is 5.32 Å². The SMILES string of the molecule is CC1(C)C(C2=CC3C(C=O)C3C2)=CCC2(C)C1CCC1(C)C3CCC4(NCCN5CCS(=O)(=O)CC5)CCC[C@@H]4C3CC[C@@H]12. The molecular weight excluding hydrogens is 564 g/mol. The Kier molecular flexibility index (Phi) is 7.08. The van der Waals surface area contributed by atoms with E-state index in [0.29, 0.717) is 58.7 Å². The Morgan fingerprint density at radius 2 is 1.70 bits per heavy atom. The molecule has 1 heterocycles. The summed E-state index contributed by atoms with van der Waals surface area (Å²) in [4.78, 5) is 13.8. The highest BCUT2D eigenvalue weighted by Crippen LogP contribution is 2.73. The van der Waals surface area contributed by atoms with E-state index in [0.717, 1.165) is 49.1 Å². The summed E-state index contributed by atoms with van der Waals surface area (Å²) < 4.78 is 23.8. The first-order valence-corrected chi connectivity index (χ1v) is 20.3. The highest BCUT2D eigenvalue weighted by Gasteiger charge is 2.66. The second kappa shape index (κ2) is 10.3. The van der Waals surface area contributed by atoms with Gasteiger partial charge in [0, 0.05) is 37.6 Å². The van der Waals surface area contributed by atoms with Crippen molar-refractivity contribution in [2.24, 2.45) is 63.6 Å². The van der Waals surface area contributed by atoms with Crippen LogP contribution in [0.15, 0.2) is 23.3 Å². The Labute approximate surface area is 267 Å². The van der Waals surface area contributed by atoms with Gasteiger partial charge in [-0.1, -0.05) is 46.3 Å². The molecule has 1 aliphatic heterocycles. The first kappa shape index (κ1) is 30.4. The van der Waals surface area contributed by atoms with Crippen molar-refractivity contribution < 1.29 is 13.2 Å². The Hall–Kier alpha value is -0.980. The monoisotopic (exact) mass is 622 g/mol. The van der Waals surface area contributed by atoms with Crippen LogP contribution in [0.3, 0.4) is 0 Å². The fourth-order valence-electron chi connectivity index (χ4n) is 14.0. The minimum Gasteiger partial charge on any atom is -0.310 e. The Balaban J connectivity index is 0.977. The third-order valence-corrected chi connectivity index (χ3v) is 17.7. The number of rotatable bonds is 6. The van der Waals surface area contributed by atoms with Gasteiger partial charge in [0.05, 0.1) is 11.5 Å². The number of carbonyl (C=O) groups is 1. The molecule has 11 atom stereocenters. The fourth-order valence-corrected chi connectivity index (χ4v) is 15.3. The van der Waals surface area contributed by atoms with Crippen molar-refractivity contribution in [3.8, 4) is 0 Å². The van der Waals surface area contributed by atoms with E-state index in [1.165, 1.54) is 70.5 Å². The molecule has 6 heteroatoms. The normalized spacial score (nSPS) is 50.3. The lowest BCUT2D eigenvalue weighted by molar-refractivity contribution is -0.175. The van der Waals surface area contributed by atoms with E-state index in [-0.39, 0.29) is 5.41 Å².